The number of nitrogens with zero attached hydrogens (tertiary/aromatic N) is 4. The van der Waals surface area contributed by atoms with Crippen molar-refractivity contribution in [2.24, 2.45) is 28.2 Å². The number of rotatable bonds is 6. The van der Waals surface area contributed by atoms with Crippen LogP contribution in [0.1, 0.15) is 5.56 Å². The van der Waals surface area contributed by atoms with Crippen LogP contribution in [-0.4, -0.2) is 49.5 Å². The van der Waals surface area contributed by atoms with Crippen molar-refractivity contribution in [3.8, 4) is 45.0 Å². The fourth-order valence-electron chi connectivity index (χ4n) is 5.41. The summed E-state index contributed by atoms with van der Waals surface area (Å²) < 4.78 is 71.9. The van der Waals surface area contributed by atoms with Gasteiger partial charge in [0.25, 0.3) is 5.69 Å². The van der Waals surface area contributed by atoms with Gasteiger partial charge in [-0.3, -0.25) is 8.37 Å². The molecule has 0 unspecified atom stereocenters. The lowest BCUT2D eigenvalue weighted by molar-refractivity contribution is -0.740. The first-order valence-corrected chi connectivity index (χ1v) is 19.0. The first-order chi connectivity index (χ1) is 24.5. The quantitative estimate of drug-likeness (QED) is 0.120. The van der Waals surface area contributed by atoms with Crippen molar-refractivity contribution in [1.82, 2.24) is 9.36 Å². The van der Waals surface area contributed by atoms with Gasteiger partial charge in [0.15, 0.2) is 14.1 Å². The highest BCUT2D eigenvalue weighted by Crippen LogP contribution is 2.35. The summed E-state index contributed by atoms with van der Waals surface area (Å²) in [5, 5.41) is 0. The molecule has 0 saturated heterocycles. The molecule has 2 aromatic heterocycles. The van der Waals surface area contributed by atoms with Gasteiger partial charge in [0, 0.05) is 22.3 Å². The zero-order valence-corrected chi connectivity index (χ0v) is 33.0. The van der Waals surface area contributed by atoms with Gasteiger partial charge < -0.3 is 9.11 Å². The molecule has 0 aliphatic heterocycles. The van der Waals surface area contributed by atoms with Gasteiger partial charge in [-0.2, -0.15) is 9.36 Å². The number of aromatic nitrogens is 4. The van der Waals surface area contributed by atoms with Crippen molar-refractivity contribution in [3.63, 3.8) is 0 Å². The Hall–Kier alpha value is -4.48. The minimum absolute atomic E-state index is 0.808. The summed E-state index contributed by atoms with van der Waals surface area (Å²) in [4.78, 5) is 0. The predicted octanol–water partition coefficient (Wildman–Crippen LogP) is 5.62. The van der Waals surface area contributed by atoms with Crippen molar-refractivity contribution < 1.29 is 43.7 Å². The Bertz CT molecular complexity index is 1980. The van der Waals surface area contributed by atoms with Crippen LogP contribution in [0.3, 0.4) is 0 Å². The van der Waals surface area contributed by atoms with Gasteiger partial charge in [-0.1, -0.05) is 97.1 Å². The van der Waals surface area contributed by atoms with Crippen LogP contribution in [0.4, 0.5) is 0 Å². The zero-order valence-electron chi connectivity index (χ0n) is 29.8. The summed E-state index contributed by atoms with van der Waals surface area (Å²) >= 11 is 3.78. The van der Waals surface area contributed by atoms with E-state index in [1.807, 2.05) is 12.1 Å². The highest BCUT2D eigenvalue weighted by Gasteiger charge is 2.27. The van der Waals surface area contributed by atoms with E-state index in [1.54, 1.807) is 0 Å². The molecule has 0 aliphatic carbocycles. The molecule has 0 atom stereocenters. The van der Waals surface area contributed by atoms with E-state index in [0.29, 0.717) is 0 Å². The first-order valence-electron chi connectivity index (χ1n) is 15.6. The van der Waals surface area contributed by atoms with Crippen LogP contribution in [0.15, 0.2) is 126 Å². The van der Waals surface area contributed by atoms with Crippen LogP contribution < -0.4 is 9.36 Å². The van der Waals surface area contributed by atoms with Crippen LogP contribution in [0.25, 0.3) is 45.0 Å². The lowest BCUT2D eigenvalue weighted by Gasteiger charge is -2.00. The van der Waals surface area contributed by atoms with Crippen LogP contribution in [0.2, 0.25) is 0 Å². The molecule has 0 aliphatic rings. The molecule has 0 amide bonds. The summed E-state index contributed by atoms with van der Waals surface area (Å²) in [6.45, 7) is 2.20. The molecule has 0 saturated carbocycles. The predicted molar refractivity (Wildman–Crippen MR) is 201 cm³/mol. The maximum absolute atomic E-state index is 9.22. The van der Waals surface area contributed by atoms with E-state index in [0.717, 1.165) is 18.7 Å². The Morgan fingerprint density at radius 3 is 1.15 bits per heavy atom. The molecule has 0 fully saturated rings. The van der Waals surface area contributed by atoms with Gasteiger partial charge in [-0.15, -0.1) is 9.36 Å². The smallest absolute Gasteiger partial charge is 0.253 e. The van der Waals surface area contributed by atoms with Gasteiger partial charge in [-0.05, 0) is 47.1 Å². The van der Waals surface area contributed by atoms with Crippen LogP contribution >= 0.6 is 15.9 Å². The van der Waals surface area contributed by atoms with Crippen molar-refractivity contribution in [3.05, 3.63) is 131 Å². The average Bonchev–Trinajstić information content (AvgIpc) is 3.50. The Morgan fingerprint density at radius 1 is 0.538 bits per heavy atom. The van der Waals surface area contributed by atoms with Crippen LogP contribution in [0.5, 0.6) is 0 Å². The minimum atomic E-state index is -4.41. The fraction of sp³-hybridized carbons (Fsp3) is 0.189. The molecule has 0 spiro atoms. The van der Waals surface area contributed by atoms with Crippen LogP contribution in [0, 0.1) is 6.92 Å². The van der Waals surface area contributed by atoms with Crippen molar-refractivity contribution >= 4 is 36.7 Å². The summed E-state index contributed by atoms with van der Waals surface area (Å²) in [7, 11) is 1.18. The summed E-state index contributed by atoms with van der Waals surface area (Å²) in [6.07, 6.45) is 0. The average molecular weight is 814 g/mol. The lowest BCUT2D eigenvalue weighted by Crippen LogP contribution is -2.39. The van der Waals surface area contributed by atoms with Gasteiger partial charge in [-0.25, -0.2) is 16.8 Å². The van der Waals surface area contributed by atoms with Crippen molar-refractivity contribution in [2.75, 3.05) is 14.2 Å². The van der Waals surface area contributed by atoms with Crippen LogP contribution in [-0.2, 0) is 57.4 Å². The molecule has 6 aromatic rings. The second kappa shape index (κ2) is 18.8. The lowest BCUT2D eigenvalue weighted by atomic mass is 10.0. The Balaban J connectivity index is 0.000000215. The minimum Gasteiger partial charge on any atom is -0.726 e. The standard InChI is InChI=1S/C18H19N2.C17H16BrN2.2CH4O4S/c1-14-17(15-10-6-4-7-11-15)19(2)20(3)18(14)16-12-8-5-9-13-16;1-19-16(13-9-5-3-6-10-13)15(18)17(20(19)2)14-11-7-4-8-12-14;2*1-5-6(2,3)4/h4-13H,1-3H3;3-12H,1-2H3;2*1H3,(H,2,3,4)/q2*+1;;/p-2. The highest BCUT2D eigenvalue weighted by molar-refractivity contribution is 9.10. The van der Waals surface area contributed by atoms with Crippen molar-refractivity contribution in [2.45, 2.75) is 6.92 Å². The van der Waals surface area contributed by atoms with E-state index in [2.05, 4.69) is 187 Å². The maximum Gasteiger partial charge on any atom is 0.253 e. The van der Waals surface area contributed by atoms with E-state index in [4.69, 9.17) is 0 Å². The molecule has 4 aromatic carbocycles. The molecule has 15 heteroatoms. The van der Waals surface area contributed by atoms with Gasteiger partial charge in [0.1, 0.15) is 15.9 Å². The molecule has 6 rings (SSSR count). The molecule has 2 heterocycles. The number of hydrogen-bond acceptors (Lipinski definition) is 8. The van der Waals surface area contributed by atoms with E-state index < -0.39 is 20.8 Å². The second-order valence-corrected chi connectivity index (χ2v) is 14.1. The molecule has 52 heavy (non-hydrogen) atoms. The van der Waals surface area contributed by atoms with E-state index >= 15 is 0 Å². The highest BCUT2D eigenvalue weighted by atomic mass is 79.9. The maximum atomic E-state index is 9.22. The third kappa shape index (κ3) is 11.3. The third-order valence-corrected chi connectivity index (χ3v) is 9.49. The largest absolute Gasteiger partial charge is 0.726 e. The summed E-state index contributed by atoms with van der Waals surface area (Å²) in [6, 6.07) is 42.0. The molecule has 0 radical (unpaired) electrons. The molecule has 0 bridgehead atoms. The van der Waals surface area contributed by atoms with Gasteiger partial charge >= 0.3 is 0 Å². The summed E-state index contributed by atoms with van der Waals surface area (Å²) in [5.41, 5.74) is 11.2. The number of hydrogen-bond donors (Lipinski definition) is 0. The molecular weight excluding hydrogens is 772 g/mol. The fourth-order valence-corrected chi connectivity index (χ4v) is 6.38. The Kier molecular flexibility index (Phi) is 15.2. The van der Waals surface area contributed by atoms with E-state index in [1.165, 1.54) is 50.6 Å². The SMILES string of the molecule is COS(=O)(=O)[O-].COS(=O)(=O)[O-].Cc1c(-c2ccccc2)n(C)[n+](C)c1-c1ccccc1.Cn1c(-c2ccccc2)c(Br)c(-c2ccccc2)[n+]1C. The normalized spacial score (nSPS) is 11.0. The van der Waals surface area contributed by atoms with Gasteiger partial charge in [0.05, 0.1) is 33.9 Å². The third-order valence-electron chi connectivity index (χ3n) is 7.92. The first kappa shape index (κ1) is 41.9. The molecule has 276 valence electrons. The topological polar surface area (TPSA) is 150 Å². The van der Waals surface area contributed by atoms with Gasteiger partial charge in [0.2, 0.25) is 26.5 Å². The van der Waals surface area contributed by atoms with E-state index in [-0.39, 0.29) is 0 Å². The molecule has 0 N–H and O–H groups in total. The number of benzene rings is 4. The number of halogens is 1. The summed E-state index contributed by atoms with van der Waals surface area (Å²) in [5.74, 6) is 0. The monoisotopic (exact) mass is 812 g/mol. The van der Waals surface area contributed by atoms with E-state index in [9.17, 15) is 25.9 Å². The Morgan fingerprint density at radius 2 is 0.808 bits per heavy atom. The second-order valence-electron chi connectivity index (χ2n) is 11.0. The molecule has 12 nitrogen and oxygen atoms in total. The zero-order chi connectivity index (χ0) is 38.6. The Labute approximate surface area is 314 Å². The van der Waals surface area contributed by atoms with Crippen molar-refractivity contribution in [1.29, 1.82) is 0 Å². The molecular formula is C37H41BrN4O8S2.